The Morgan fingerprint density at radius 1 is 1.23 bits per heavy atom. The number of nitrogens with one attached hydrogen (secondary N) is 1. The van der Waals surface area contributed by atoms with E-state index in [4.69, 9.17) is 16.3 Å². The number of amides is 1. The van der Waals surface area contributed by atoms with Gasteiger partial charge in [0, 0.05) is 18.2 Å². The second-order valence-corrected chi connectivity index (χ2v) is 5.64. The fraction of sp³-hybridized carbons (Fsp3) is 0.111. The van der Waals surface area contributed by atoms with Gasteiger partial charge in [-0.3, -0.25) is 14.9 Å². The van der Waals surface area contributed by atoms with Gasteiger partial charge in [0.15, 0.2) is 6.10 Å². The number of rotatable bonds is 6. The van der Waals surface area contributed by atoms with Crippen LogP contribution >= 0.6 is 11.6 Å². The second-order valence-electron chi connectivity index (χ2n) is 5.23. The smallest absolute Gasteiger partial charge is 0.331 e. The number of benzene rings is 2. The van der Waals surface area contributed by atoms with E-state index in [9.17, 15) is 19.7 Å². The van der Waals surface area contributed by atoms with Crippen LogP contribution in [0.1, 0.15) is 12.5 Å². The van der Waals surface area contributed by atoms with E-state index in [0.717, 1.165) is 11.6 Å². The number of non-ortho nitro benzene ring substituents is 1. The molecule has 134 valence electrons. The monoisotopic (exact) mass is 374 g/mol. The lowest BCUT2D eigenvalue weighted by atomic mass is 10.2. The van der Waals surface area contributed by atoms with Crippen LogP contribution < -0.4 is 5.32 Å². The Morgan fingerprint density at radius 2 is 1.92 bits per heavy atom. The van der Waals surface area contributed by atoms with Crippen LogP contribution in [0.4, 0.5) is 11.4 Å². The third kappa shape index (κ3) is 5.42. The van der Waals surface area contributed by atoms with Crippen molar-refractivity contribution in [2.24, 2.45) is 0 Å². The Balaban J connectivity index is 1.94. The van der Waals surface area contributed by atoms with E-state index in [0.29, 0.717) is 0 Å². The summed E-state index contributed by atoms with van der Waals surface area (Å²) in [5.74, 6) is -1.28. The Labute approximate surface area is 154 Å². The molecule has 0 aliphatic heterocycles. The van der Waals surface area contributed by atoms with Crippen LogP contribution in [0.5, 0.6) is 0 Å². The van der Waals surface area contributed by atoms with Crippen molar-refractivity contribution in [2.45, 2.75) is 13.0 Å². The molecule has 26 heavy (non-hydrogen) atoms. The van der Waals surface area contributed by atoms with Gasteiger partial charge in [0.05, 0.1) is 15.6 Å². The molecule has 0 aliphatic carbocycles. The van der Waals surface area contributed by atoms with Crippen molar-refractivity contribution in [2.75, 3.05) is 5.32 Å². The summed E-state index contributed by atoms with van der Waals surface area (Å²) in [4.78, 5) is 33.9. The number of ether oxygens (including phenoxy) is 1. The number of hydrogen-bond acceptors (Lipinski definition) is 5. The van der Waals surface area contributed by atoms with Gasteiger partial charge in [0.2, 0.25) is 0 Å². The average molecular weight is 375 g/mol. The van der Waals surface area contributed by atoms with Crippen molar-refractivity contribution >= 4 is 40.9 Å². The van der Waals surface area contributed by atoms with Crippen LogP contribution in [0, 0.1) is 10.1 Å². The van der Waals surface area contributed by atoms with E-state index < -0.39 is 22.9 Å². The summed E-state index contributed by atoms with van der Waals surface area (Å²) >= 11 is 5.91. The first-order chi connectivity index (χ1) is 12.4. The largest absolute Gasteiger partial charge is 0.449 e. The molecule has 0 bridgehead atoms. The predicted molar refractivity (Wildman–Crippen MR) is 97.8 cm³/mol. The zero-order valence-electron chi connectivity index (χ0n) is 13.7. The zero-order chi connectivity index (χ0) is 19.1. The molecular weight excluding hydrogens is 360 g/mol. The Hall–Kier alpha value is -3.19. The van der Waals surface area contributed by atoms with Crippen LogP contribution in [0.15, 0.2) is 54.6 Å². The standard InChI is InChI=1S/C18H15ClN2O5/c1-12(26-17(22)10-7-13-5-3-2-4-6-13)18(23)20-16-9-8-14(21(24)25)11-15(16)19/h2-12H,1H3,(H,20,23)/b10-7+/t12-/m1/s1. The first kappa shape index (κ1) is 19.1. The molecule has 1 atom stereocenters. The van der Waals surface area contributed by atoms with Gasteiger partial charge in [0.1, 0.15) is 0 Å². The Kier molecular flexibility index (Phi) is 6.46. The van der Waals surface area contributed by atoms with Gasteiger partial charge in [-0.15, -0.1) is 0 Å². The summed E-state index contributed by atoms with van der Waals surface area (Å²) in [5.41, 5.74) is 0.808. The number of nitro benzene ring substituents is 1. The summed E-state index contributed by atoms with van der Waals surface area (Å²) in [6, 6.07) is 12.8. The molecule has 0 aliphatic rings. The van der Waals surface area contributed by atoms with Gasteiger partial charge in [-0.2, -0.15) is 0 Å². The minimum absolute atomic E-state index is 0.00931. The molecule has 2 aromatic carbocycles. The van der Waals surface area contributed by atoms with E-state index >= 15 is 0 Å². The zero-order valence-corrected chi connectivity index (χ0v) is 14.5. The molecule has 0 unspecified atom stereocenters. The summed E-state index contributed by atoms with van der Waals surface area (Å²) in [6.07, 6.45) is 1.71. The van der Waals surface area contributed by atoms with Crippen LogP contribution in [0.25, 0.3) is 6.08 Å². The summed E-state index contributed by atoms with van der Waals surface area (Å²) in [6.45, 7) is 1.41. The highest BCUT2D eigenvalue weighted by molar-refractivity contribution is 6.34. The fourth-order valence-corrected chi connectivity index (χ4v) is 2.17. The number of carbonyl (C=O) groups is 2. The molecule has 0 spiro atoms. The molecule has 2 rings (SSSR count). The summed E-state index contributed by atoms with van der Waals surface area (Å²) in [7, 11) is 0. The topological polar surface area (TPSA) is 98.5 Å². The van der Waals surface area contributed by atoms with Gasteiger partial charge in [0.25, 0.3) is 11.6 Å². The molecule has 0 fully saturated rings. The van der Waals surface area contributed by atoms with Crippen LogP contribution in [-0.4, -0.2) is 22.9 Å². The normalized spacial score (nSPS) is 11.8. The molecule has 0 aromatic heterocycles. The number of hydrogen-bond donors (Lipinski definition) is 1. The quantitative estimate of drug-likeness (QED) is 0.358. The van der Waals surface area contributed by atoms with E-state index in [2.05, 4.69) is 5.32 Å². The van der Waals surface area contributed by atoms with Crippen LogP contribution in [-0.2, 0) is 14.3 Å². The van der Waals surface area contributed by atoms with Crippen molar-refractivity contribution in [1.29, 1.82) is 0 Å². The number of carbonyl (C=O) groups excluding carboxylic acids is 2. The lowest BCUT2D eigenvalue weighted by molar-refractivity contribution is -0.384. The highest BCUT2D eigenvalue weighted by Gasteiger charge is 2.18. The van der Waals surface area contributed by atoms with Crippen molar-refractivity contribution < 1.29 is 19.2 Å². The molecule has 0 heterocycles. The van der Waals surface area contributed by atoms with Crippen molar-refractivity contribution in [3.8, 4) is 0 Å². The van der Waals surface area contributed by atoms with Crippen molar-refractivity contribution in [3.05, 3.63) is 75.3 Å². The second kappa shape index (κ2) is 8.77. The van der Waals surface area contributed by atoms with Gasteiger partial charge in [-0.1, -0.05) is 41.9 Å². The first-order valence-corrected chi connectivity index (χ1v) is 7.93. The SMILES string of the molecule is C[C@@H](OC(=O)/C=C/c1ccccc1)C(=O)Nc1ccc([N+](=O)[O-])cc1Cl. The minimum Gasteiger partial charge on any atom is -0.449 e. The Morgan fingerprint density at radius 3 is 2.54 bits per heavy atom. The lowest BCUT2D eigenvalue weighted by Crippen LogP contribution is -2.29. The molecule has 7 nitrogen and oxygen atoms in total. The molecule has 0 saturated carbocycles. The van der Waals surface area contributed by atoms with E-state index in [1.807, 2.05) is 30.3 Å². The maximum Gasteiger partial charge on any atom is 0.331 e. The van der Waals surface area contributed by atoms with Crippen molar-refractivity contribution in [3.63, 3.8) is 0 Å². The van der Waals surface area contributed by atoms with E-state index in [1.165, 1.54) is 25.1 Å². The van der Waals surface area contributed by atoms with E-state index in [-0.39, 0.29) is 16.4 Å². The fourth-order valence-electron chi connectivity index (χ4n) is 1.95. The average Bonchev–Trinajstić information content (AvgIpc) is 2.62. The maximum absolute atomic E-state index is 12.1. The molecule has 8 heteroatoms. The lowest BCUT2D eigenvalue weighted by Gasteiger charge is -2.13. The van der Waals surface area contributed by atoms with Crippen LogP contribution in [0.2, 0.25) is 5.02 Å². The number of halogens is 1. The third-order valence-electron chi connectivity index (χ3n) is 3.29. The maximum atomic E-state index is 12.1. The van der Waals surface area contributed by atoms with Gasteiger partial charge < -0.3 is 10.1 Å². The molecular formula is C18H15ClN2O5. The Bertz CT molecular complexity index is 852. The highest BCUT2D eigenvalue weighted by Crippen LogP contribution is 2.26. The number of anilines is 1. The van der Waals surface area contributed by atoms with Crippen LogP contribution in [0.3, 0.4) is 0 Å². The highest BCUT2D eigenvalue weighted by atomic mass is 35.5. The van der Waals surface area contributed by atoms with Gasteiger partial charge >= 0.3 is 5.97 Å². The molecule has 0 saturated heterocycles. The summed E-state index contributed by atoms with van der Waals surface area (Å²) < 4.78 is 5.02. The van der Waals surface area contributed by atoms with Gasteiger partial charge in [-0.05, 0) is 24.6 Å². The molecule has 0 radical (unpaired) electrons. The number of esters is 1. The molecule has 2 aromatic rings. The predicted octanol–water partition coefficient (Wildman–Crippen LogP) is 3.83. The molecule has 1 N–H and O–H groups in total. The van der Waals surface area contributed by atoms with Gasteiger partial charge in [-0.25, -0.2) is 4.79 Å². The summed E-state index contributed by atoms with van der Waals surface area (Å²) in [5, 5.41) is 13.1. The minimum atomic E-state index is -1.07. The first-order valence-electron chi connectivity index (χ1n) is 7.55. The van der Waals surface area contributed by atoms with E-state index in [1.54, 1.807) is 6.08 Å². The molecule has 1 amide bonds. The van der Waals surface area contributed by atoms with Crippen molar-refractivity contribution in [1.82, 2.24) is 0 Å². The third-order valence-corrected chi connectivity index (χ3v) is 3.61. The number of nitro groups is 1. The number of nitrogens with zero attached hydrogens (tertiary/aromatic N) is 1.